The molecule has 1 amide bonds. The normalized spacial score (nSPS) is 12.2. The zero-order valence-corrected chi connectivity index (χ0v) is 20.6. The molecule has 3 heterocycles. The van der Waals surface area contributed by atoms with Gasteiger partial charge in [0, 0.05) is 35.7 Å². The maximum Gasteiger partial charge on any atom is 0.416 e. The molecule has 2 N–H and O–H groups in total. The van der Waals surface area contributed by atoms with E-state index in [9.17, 15) is 22.8 Å². The molecule has 0 saturated carbocycles. The van der Waals surface area contributed by atoms with E-state index in [0.29, 0.717) is 16.0 Å². The molecule has 1 aromatic carbocycles. The van der Waals surface area contributed by atoms with Gasteiger partial charge in [0.1, 0.15) is 22.7 Å². The van der Waals surface area contributed by atoms with Crippen molar-refractivity contribution in [3.63, 3.8) is 0 Å². The minimum absolute atomic E-state index is 0.0297. The van der Waals surface area contributed by atoms with Gasteiger partial charge in [-0.15, -0.1) is 22.7 Å². The van der Waals surface area contributed by atoms with Gasteiger partial charge in [0.25, 0.3) is 5.91 Å². The number of rotatable bonds is 8. The van der Waals surface area contributed by atoms with E-state index in [2.05, 4.69) is 30.6 Å². The molecule has 1 atom stereocenters. The number of hydrogen-bond acceptors (Lipinski definition) is 9. The van der Waals surface area contributed by atoms with Crippen LogP contribution in [0.1, 0.15) is 55.6 Å². The van der Waals surface area contributed by atoms with Gasteiger partial charge in [0.15, 0.2) is 10.9 Å². The lowest BCUT2D eigenvalue weighted by Gasteiger charge is -2.12. The summed E-state index contributed by atoms with van der Waals surface area (Å²) in [5, 5.41) is 8.46. The Hall–Kier alpha value is -3.71. The van der Waals surface area contributed by atoms with Crippen LogP contribution in [-0.2, 0) is 6.18 Å². The van der Waals surface area contributed by atoms with Crippen LogP contribution in [0.5, 0.6) is 0 Å². The van der Waals surface area contributed by atoms with E-state index in [0.717, 1.165) is 17.4 Å². The second-order valence-electron chi connectivity index (χ2n) is 7.82. The molecule has 0 fully saturated rings. The molecule has 3 aromatic heterocycles. The lowest BCUT2D eigenvalue weighted by molar-refractivity contribution is -0.138. The highest BCUT2D eigenvalue weighted by Crippen LogP contribution is 2.34. The summed E-state index contributed by atoms with van der Waals surface area (Å²) in [6, 6.07) is 5.14. The summed E-state index contributed by atoms with van der Waals surface area (Å²) in [5.41, 5.74) is -0.492. The highest BCUT2D eigenvalue weighted by Gasteiger charge is 2.32. The van der Waals surface area contributed by atoms with Crippen molar-refractivity contribution in [2.24, 2.45) is 0 Å². The second-order valence-corrected chi connectivity index (χ2v) is 9.78. The number of thiazole rings is 2. The van der Waals surface area contributed by atoms with Crippen molar-refractivity contribution in [1.82, 2.24) is 19.9 Å². The lowest BCUT2D eigenvalue weighted by Crippen LogP contribution is -2.13. The molecule has 0 aliphatic heterocycles. The standard InChI is InChI=1S/C23H19F3N6O2S2/c1-12-3-4-14(8-15(12)23(24,25)26)31-20(34)18-10-28-21(36-18)13(2)7-17(33)16-9-19(30-11-29-16)32-22-27-5-6-35-22/h3-6,8-11,13H,7H2,1-2H3,(H,31,34)(H,27,29,30,32). The molecule has 36 heavy (non-hydrogen) atoms. The number of aryl methyl sites for hydroxylation is 1. The third-order valence-corrected chi connectivity index (χ3v) is 7.00. The summed E-state index contributed by atoms with van der Waals surface area (Å²) < 4.78 is 39.5. The van der Waals surface area contributed by atoms with Crippen molar-refractivity contribution in [3.05, 3.63) is 75.1 Å². The minimum Gasteiger partial charge on any atom is -0.321 e. The largest absolute Gasteiger partial charge is 0.416 e. The molecule has 8 nitrogen and oxygen atoms in total. The van der Waals surface area contributed by atoms with Gasteiger partial charge in [-0.1, -0.05) is 13.0 Å². The van der Waals surface area contributed by atoms with E-state index in [1.54, 1.807) is 18.5 Å². The van der Waals surface area contributed by atoms with E-state index in [1.807, 2.05) is 0 Å². The average molecular weight is 533 g/mol. The number of carbonyl (C=O) groups excluding carboxylic acids is 2. The average Bonchev–Trinajstić information content (AvgIpc) is 3.52. The summed E-state index contributed by atoms with van der Waals surface area (Å²) in [5.74, 6) is -0.685. The predicted molar refractivity (Wildman–Crippen MR) is 131 cm³/mol. The maximum atomic E-state index is 13.2. The number of hydrogen-bond donors (Lipinski definition) is 2. The van der Waals surface area contributed by atoms with E-state index in [-0.39, 0.29) is 39.9 Å². The summed E-state index contributed by atoms with van der Waals surface area (Å²) in [7, 11) is 0. The number of carbonyl (C=O) groups is 2. The number of halogens is 3. The van der Waals surface area contributed by atoms with Crippen molar-refractivity contribution in [2.45, 2.75) is 32.4 Å². The number of anilines is 3. The van der Waals surface area contributed by atoms with Gasteiger partial charge in [-0.3, -0.25) is 9.59 Å². The monoisotopic (exact) mass is 532 g/mol. The molecule has 1 unspecified atom stereocenters. The van der Waals surface area contributed by atoms with Crippen LogP contribution in [-0.4, -0.2) is 31.6 Å². The molecule has 4 rings (SSSR count). The first-order valence-electron chi connectivity index (χ1n) is 10.6. The van der Waals surface area contributed by atoms with Crippen molar-refractivity contribution in [1.29, 1.82) is 0 Å². The van der Waals surface area contributed by atoms with Crippen LogP contribution in [0.2, 0.25) is 0 Å². The number of nitrogens with one attached hydrogen (secondary N) is 2. The Balaban J connectivity index is 1.40. The van der Waals surface area contributed by atoms with Crippen LogP contribution in [0.4, 0.5) is 29.8 Å². The molecule has 4 aromatic rings. The highest BCUT2D eigenvalue weighted by molar-refractivity contribution is 7.14. The molecule has 186 valence electrons. The maximum absolute atomic E-state index is 13.2. The minimum atomic E-state index is -4.52. The highest BCUT2D eigenvalue weighted by atomic mass is 32.1. The number of alkyl halides is 3. The molecule has 0 spiro atoms. The molecule has 0 saturated heterocycles. The van der Waals surface area contributed by atoms with Crippen molar-refractivity contribution in [3.8, 4) is 0 Å². The first-order chi connectivity index (χ1) is 17.1. The quantitative estimate of drug-likeness (QED) is 0.264. The van der Waals surface area contributed by atoms with E-state index in [1.165, 1.54) is 49.0 Å². The lowest BCUT2D eigenvalue weighted by atomic mass is 10.0. The number of nitrogens with zero attached hydrogens (tertiary/aromatic N) is 4. The van der Waals surface area contributed by atoms with Gasteiger partial charge < -0.3 is 10.6 Å². The molecule has 13 heteroatoms. The first kappa shape index (κ1) is 25.4. The summed E-state index contributed by atoms with van der Waals surface area (Å²) in [6.45, 7) is 3.15. The van der Waals surface area contributed by atoms with Crippen molar-refractivity contribution >= 4 is 51.0 Å². The molecule has 0 bridgehead atoms. The Bertz CT molecular complexity index is 1390. The summed E-state index contributed by atoms with van der Waals surface area (Å²) in [6.07, 6.45) is -0.156. The van der Waals surface area contributed by atoms with E-state index < -0.39 is 17.6 Å². The Morgan fingerprint density at radius 3 is 2.64 bits per heavy atom. The van der Waals surface area contributed by atoms with Crippen LogP contribution < -0.4 is 10.6 Å². The fraction of sp³-hybridized carbons (Fsp3) is 0.217. The number of Topliss-reactive ketones (excluding diaryl/α,β-unsaturated/α-hetero) is 1. The van der Waals surface area contributed by atoms with Gasteiger partial charge in [0.2, 0.25) is 0 Å². The number of ketones is 1. The number of aromatic nitrogens is 4. The molecule has 0 aliphatic carbocycles. The topological polar surface area (TPSA) is 110 Å². The number of benzene rings is 1. The van der Waals surface area contributed by atoms with Crippen LogP contribution in [0.3, 0.4) is 0 Å². The molecule has 0 radical (unpaired) electrons. The Kier molecular flexibility index (Phi) is 7.40. The zero-order valence-electron chi connectivity index (χ0n) is 19.0. The summed E-state index contributed by atoms with van der Waals surface area (Å²) >= 11 is 2.46. The van der Waals surface area contributed by atoms with Crippen LogP contribution in [0.25, 0.3) is 0 Å². The van der Waals surface area contributed by atoms with E-state index >= 15 is 0 Å². The van der Waals surface area contributed by atoms with Crippen molar-refractivity contribution < 1.29 is 22.8 Å². The van der Waals surface area contributed by atoms with Crippen LogP contribution in [0, 0.1) is 6.92 Å². The van der Waals surface area contributed by atoms with Gasteiger partial charge in [-0.25, -0.2) is 19.9 Å². The third kappa shape index (κ3) is 6.10. The zero-order chi connectivity index (χ0) is 25.9. The van der Waals surface area contributed by atoms with Crippen LogP contribution >= 0.6 is 22.7 Å². The first-order valence-corrected chi connectivity index (χ1v) is 12.3. The van der Waals surface area contributed by atoms with Gasteiger partial charge in [-0.05, 0) is 24.6 Å². The fourth-order valence-corrected chi connectivity index (χ4v) is 4.66. The Morgan fingerprint density at radius 2 is 1.92 bits per heavy atom. The predicted octanol–water partition coefficient (Wildman–Crippen LogP) is 6.09. The van der Waals surface area contributed by atoms with Crippen molar-refractivity contribution in [2.75, 3.05) is 10.6 Å². The molecular weight excluding hydrogens is 513 g/mol. The van der Waals surface area contributed by atoms with Gasteiger partial charge >= 0.3 is 6.18 Å². The smallest absolute Gasteiger partial charge is 0.321 e. The van der Waals surface area contributed by atoms with E-state index in [4.69, 9.17) is 0 Å². The second kappa shape index (κ2) is 10.5. The number of amides is 1. The Morgan fingerprint density at radius 1 is 1.11 bits per heavy atom. The molecular formula is C23H19F3N6O2S2. The SMILES string of the molecule is Cc1ccc(NC(=O)c2cnc(C(C)CC(=O)c3cc(Nc4nccs4)ncn3)s2)cc1C(F)(F)F. The Labute approximate surface area is 211 Å². The third-order valence-electron chi connectivity index (χ3n) is 5.08. The summed E-state index contributed by atoms with van der Waals surface area (Å²) in [4.78, 5) is 42.1. The fourth-order valence-electron chi connectivity index (χ4n) is 3.26. The molecule has 0 aliphatic rings. The van der Waals surface area contributed by atoms with Crippen LogP contribution in [0.15, 0.2) is 48.4 Å². The van der Waals surface area contributed by atoms with Gasteiger partial charge in [-0.2, -0.15) is 13.2 Å². The van der Waals surface area contributed by atoms with Gasteiger partial charge in [0.05, 0.1) is 16.8 Å².